The molecular formula is C7H9BrO2. The van der Waals surface area contributed by atoms with E-state index in [0.29, 0.717) is 6.61 Å². The lowest BCUT2D eigenvalue weighted by Crippen LogP contribution is -2.16. The zero-order chi connectivity index (χ0) is 7.98. The van der Waals surface area contributed by atoms with E-state index in [-0.39, 0.29) is 17.2 Å². The van der Waals surface area contributed by atoms with Crippen LogP contribution in [-0.2, 0) is 9.53 Å². The molecule has 0 amide bonds. The van der Waals surface area contributed by atoms with Crippen LogP contribution in [0.3, 0.4) is 0 Å². The van der Waals surface area contributed by atoms with Gasteiger partial charge in [0.2, 0.25) is 0 Å². The first-order valence-electron chi connectivity index (χ1n) is 2.84. The van der Waals surface area contributed by atoms with Crippen LogP contribution in [0, 0.1) is 12.3 Å². The molecule has 0 spiro atoms. The normalized spacial score (nSPS) is 12.1. The number of halogens is 1. The van der Waals surface area contributed by atoms with E-state index in [1.54, 1.807) is 0 Å². The van der Waals surface area contributed by atoms with Crippen molar-refractivity contribution in [2.45, 2.75) is 11.8 Å². The maximum absolute atomic E-state index is 10.6. The number of rotatable bonds is 4. The highest BCUT2D eigenvalue weighted by molar-refractivity contribution is 9.10. The van der Waals surface area contributed by atoms with E-state index in [9.17, 15) is 4.79 Å². The third-order valence-corrected chi connectivity index (χ3v) is 1.80. The average Bonchev–Trinajstić information content (AvgIpc) is 1.88. The van der Waals surface area contributed by atoms with E-state index >= 15 is 0 Å². The van der Waals surface area contributed by atoms with Gasteiger partial charge in [0.05, 0.1) is 11.4 Å². The molecule has 2 nitrogen and oxygen atoms in total. The van der Waals surface area contributed by atoms with Crippen molar-refractivity contribution >= 4 is 21.7 Å². The maximum Gasteiger partial charge on any atom is 0.145 e. The van der Waals surface area contributed by atoms with Crippen LogP contribution in [0.2, 0.25) is 0 Å². The Morgan fingerprint density at radius 2 is 2.50 bits per heavy atom. The molecule has 3 heteroatoms. The molecule has 0 rings (SSSR count). The number of hydrogen-bond acceptors (Lipinski definition) is 2. The van der Waals surface area contributed by atoms with Crippen LogP contribution in [0.25, 0.3) is 0 Å². The van der Waals surface area contributed by atoms with Gasteiger partial charge in [-0.25, -0.2) is 0 Å². The Morgan fingerprint density at radius 3 is 2.90 bits per heavy atom. The minimum absolute atomic E-state index is 0.0528. The van der Waals surface area contributed by atoms with Gasteiger partial charge in [-0.15, -0.1) is 6.42 Å². The number of carbonyl (C=O) groups is 1. The highest BCUT2D eigenvalue weighted by Gasteiger charge is 2.07. The second-order valence-electron chi connectivity index (χ2n) is 1.80. The number of Topliss-reactive ketones (excluding diaryl/α,β-unsaturated/α-hetero) is 1. The minimum atomic E-state index is -0.221. The van der Waals surface area contributed by atoms with Crippen molar-refractivity contribution < 1.29 is 9.53 Å². The number of carbonyl (C=O) groups excluding carboxylic acids is 1. The molecule has 0 aliphatic rings. The SMILES string of the molecule is C#CCOCC(Br)C(C)=O. The third kappa shape index (κ3) is 4.54. The van der Waals surface area contributed by atoms with E-state index in [1.807, 2.05) is 0 Å². The highest BCUT2D eigenvalue weighted by atomic mass is 79.9. The van der Waals surface area contributed by atoms with Crippen LogP contribution in [0.5, 0.6) is 0 Å². The molecule has 0 bridgehead atoms. The minimum Gasteiger partial charge on any atom is -0.367 e. The third-order valence-electron chi connectivity index (χ3n) is 0.891. The van der Waals surface area contributed by atoms with Crippen molar-refractivity contribution in [1.82, 2.24) is 0 Å². The fourth-order valence-corrected chi connectivity index (χ4v) is 0.526. The van der Waals surface area contributed by atoms with Gasteiger partial charge in [-0.3, -0.25) is 4.79 Å². The predicted octanol–water partition coefficient (Wildman–Crippen LogP) is 0.989. The van der Waals surface area contributed by atoms with Crippen LogP contribution in [0.15, 0.2) is 0 Å². The number of ketones is 1. The van der Waals surface area contributed by atoms with Gasteiger partial charge in [0, 0.05) is 0 Å². The van der Waals surface area contributed by atoms with E-state index in [2.05, 4.69) is 21.9 Å². The lowest BCUT2D eigenvalue weighted by atomic mass is 10.3. The lowest BCUT2D eigenvalue weighted by molar-refractivity contribution is -0.117. The average molecular weight is 205 g/mol. The molecule has 0 radical (unpaired) electrons. The Balaban J connectivity index is 3.32. The fraction of sp³-hybridized carbons (Fsp3) is 0.571. The summed E-state index contributed by atoms with van der Waals surface area (Å²) in [4.78, 5) is 10.3. The van der Waals surface area contributed by atoms with Gasteiger partial charge >= 0.3 is 0 Å². The quantitative estimate of drug-likeness (QED) is 0.388. The van der Waals surface area contributed by atoms with Gasteiger partial charge in [-0.2, -0.15) is 0 Å². The summed E-state index contributed by atoms with van der Waals surface area (Å²) >= 11 is 3.13. The van der Waals surface area contributed by atoms with Gasteiger partial charge in [-0.1, -0.05) is 21.9 Å². The van der Waals surface area contributed by atoms with Gasteiger partial charge in [0.15, 0.2) is 0 Å². The monoisotopic (exact) mass is 204 g/mol. The number of ether oxygens (including phenoxy) is 1. The molecule has 0 aliphatic carbocycles. The van der Waals surface area contributed by atoms with Gasteiger partial charge in [0.25, 0.3) is 0 Å². The molecule has 0 aromatic heterocycles. The zero-order valence-electron chi connectivity index (χ0n) is 5.76. The Morgan fingerprint density at radius 1 is 1.90 bits per heavy atom. The summed E-state index contributed by atoms with van der Waals surface area (Å²) in [6, 6.07) is 0. The second kappa shape index (κ2) is 5.45. The summed E-state index contributed by atoms with van der Waals surface area (Å²) < 4.78 is 4.90. The molecule has 0 heterocycles. The van der Waals surface area contributed by atoms with Crippen molar-refractivity contribution in [1.29, 1.82) is 0 Å². The molecule has 0 aliphatic heterocycles. The van der Waals surface area contributed by atoms with E-state index < -0.39 is 0 Å². The molecular weight excluding hydrogens is 196 g/mol. The molecule has 0 aromatic rings. The maximum atomic E-state index is 10.6. The first-order valence-corrected chi connectivity index (χ1v) is 3.75. The summed E-state index contributed by atoms with van der Waals surface area (Å²) in [5.41, 5.74) is 0. The number of hydrogen-bond donors (Lipinski definition) is 0. The van der Waals surface area contributed by atoms with Crippen LogP contribution in [-0.4, -0.2) is 23.8 Å². The molecule has 0 aromatic carbocycles. The van der Waals surface area contributed by atoms with Crippen molar-refractivity contribution in [2.24, 2.45) is 0 Å². The molecule has 0 fully saturated rings. The Labute approximate surface area is 69.1 Å². The molecule has 56 valence electrons. The van der Waals surface area contributed by atoms with Crippen LogP contribution >= 0.6 is 15.9 Å². The zero-order valence-corrected chi connectivity index (χ0v) is 7.35. The Bertz CT molecular complexity index is 148. The first-order chi connectivity index (χ1) is 4.68. The molecule has 1 unspecified atom stereocenters. The van der Waals surface area contributed by atoms with Gasteiger partial charge < -0.3 is 4.74 Å². The smallest absolute Gasteiger partial charge is 0.145 e. The highest BCUT2D eigenvalue weighted by Crippen LogP contribution is 2.00. The van der Waals surface area contributed by atoms with E-state index in [4.69, 9.17) is 11.2 Å². The largest absolute Gasteiger partial charge is 0.367 e. The molecule has 1 atom stereocenters. The second-order valence-corrected chi connectivity index (χ2v) is 2.90. The number of alkyl halides is 1. The summed E-state index contributed by atoms with van der Waals surface area (Å²) in [5.74, 6) is 2.36. The molecule has 0 saturated heterocycles. The Hall–Kier alpha value is -0.330. The Kier molecular flexibility index (Phi) is 5.27. The van der Waals surface area contributed by atoms with E-state index in [0.717, 1.165) is 0 Å². The van der Waals surface area contributed by atoms with Crippen molar-refractivity contribution in [3.05, 3.63) is 0 Å². The predicted molar refractivity (Wildman–Crippen MR) is 43.0 cm³/mol. The summed E-state index contributed by atoms with van der Waals surface area (Å²) in [7, 11) is 0. The number of terminal acetylenes is 1. The molecule has 0 saturated carbocycles. The van der Waals surface area contributed by atoms with Crippen molar-refractivity contribution in [2.75, 3.05) is 13.2 Å². The van der Waals surface area contributed by atoms with Crippen LogP contribution in [0.1, 0.15) is 6.92 Å². The topological polar surface area (TPSA) is 26.3 Å². The van der Waals surface area contributed by atoms with Crippen molar-refractivity contribution in [3.8, 4) is 12.3 Å². The van der Waals surface area contributed by atoms with Gasteiger partial charge in [0.1, 0.15) is 12.4 Å². The summed E-state index contributed by atoms with van der Waals surface area (Å²) in [6.07, 6.45) is 4.92. The lowest BCUT2D eigenvalue weighted by Gasteiger charge is -2.03. The van der Waals surface area contributed by atoms with E-state index in [1.165, 1.54) is 6.92 Å². The fourth-order valence-electron chi connectivity index (χ4n) is 0.339. The van der Waals surface area contributed by atoms with Crippen molar-refractivity contribution in [3.63, 3.8) is 0 Å². The molecule has 0 N–H and O–H groups in total. The van der Waals surface area contributed by atoms with Gasteiger partial charge in [-0.05, 0) is 6.92 Å². The molecule has 10 heavy (non-hydrogen) atoms. The summed E-state index contributed by atoms with van der Waals surface area (Å²) in [6.45, 7) is 2.10. The van der Waals surface area contributed by atoms with Crippen LogP contribution in [0.4, 0.5) is 0 Å². The van der Waals surface area contributed by atoms with Crippen LogP contribution < -0.4 is 0 Å². The standard InChI is InChI=1S/C7H9BrO2/c1-3-4-10-5-7(8)6(2)9/h1,7H,4-5H2,2H3. The summed E-state index contributed by atoms with van der Waals surface area (Å²) in [5, 5.41) is 0. The first kappa shape index (κ1) is 9.67.